The lowest BCUT2D eigenvalue weighted by Gasteiger charge is -2.10. The van der Waals surface area contributed by atoms with Gasteiger partial charge < -0.3 is 15.7 Å². The molecule has 3 N–H and O–H groups in total. The van der Waals surface area contributed by atoms with E-state index in [0.29, 0.717) is 15.8 Å². The van der Waals surface area contributed by atoms with Crippen LogP contribution in [0.25, 0.3) is 0 Å². The van der Waals surface area contributed by atoms with Gasteiger partial charge in [0.2, 0.25) is 0 Å². The minimum absolute atomic E-state index is 0.0998. The number of carboxylic acids is 1. The maximum atomic E-state index is 11.9. The molecule has 0 saturated carbocycles. The van der Waals surface area contributed by atoms with Crippen LogP contribution in [-0.2, 0) is 0 Å². The van der Waals surface area contributed by atoms with Crippen molar-refractivity contribution >= 4 is 61.9 Å². The molecular formula is C14H10BrIN2O3. The molecule has 0 aromatic heterocycles. The van der Waals surface area contributed by atoms with E-state index in [9.17, 15) is 9.59 Å². The fraction of sp³-hybridized carbons (Fsp3) is 0. The van der Waals surface area contributed by atoms with Crippen molar-refractivity contribution in [1.82, 2.24) is 0 Å². The maximum absolute atomic E-state index is 11.9. The Morgan fingerprint density at radius 1 is 1.10 bits per heavy atom. The fourth-order valence-electron chi connectivity index (χ4n) is 1.60. The largest absolute Gasteiger partial charge is 0.478 e. The van der Waals surface area contributed by atoms with E-state index in [1.165, 1.54) is 12.1 Å². The van der Waals surface area contributed by atoms with Gasteiger partial charge in [-0.3, -0.25) is 0 Å². The van der Waals surface area contributed by atoms with Crippen LogP contribution in [-0.4, -0.2) is 17.1 Å². The Bertz CT molecular complexity index is 706. The number of aromatic carboxylic acids is 1. The van der Waals surface area contributed by atoms with Gasteiger partial charge in [0.1, 0.15) is 0 Å². The van der Waals surface area contributed by atoms with E-state index in [2.05, 4.69) is 49.2 Å². The third-order valence-corrected chi connectivity index (χ3v) is 3.91. The lowest BCUT2D eigenvalue weighted by Crippen LogP contribution is -2.20. The van der Waals surface area contributed by atoms with Gasteiger partial charge in [-0.2, -0.15) is 0 Å². The lowest BCUT2D eigenvalue weighted by atomic mass is 10.2. The summed E-state index contributed by atoms with van der Waals surface area (Å²) in [4.78, 5) is 22.9. The van der Waals surface area contributed by atoms with E-state index in [1.807, 2.05) is 18.2 Å². The predicted octanol–water partition coefficient (Wildman–Crippen LogP) is 4.40. The van der Waals surface area contributed by atoms with Gasteiger partial charge in [-0.25, -0.2) is 9.59 Å². The van der Waals surface area contributed by atoms with Crippen LogP contribution in [0, 0.1) is 3.57 Å². The molecule has 108 valence electrons. The van der Waals surface area contributed by atoms with E-state index in [1.54, 1.807) is 12.1 Å². The number of amides is 2. The molecule has 2 rings (SSSR count). The summed E-state index contributed by atoms with van der Waals surface area (Å²) in [5.41, 5.74) is 1.14. The number of anilines is 2. The summed E-state index contributed by atoms with van der Waals surface area (Å²) in [5, 5.41) is 14.3. The van der Waals surface area contributed by atoms with Gasteiger partial charge in [0.15, 0.2) is 0 Å². The van der Waals surface area contributed by atoms with Gasteiger partial charge >= 0.3 is 12.0 Å². The third-order valence-electron chi connectivity index (χ3n) is 2.54. The average molecular weight is 461 g/mol. The standard InChI is InChI=1S/C14H10BrIN2O3/c15-11-5-4-8(13(19)20)6-12(11)18-14(21)17-10-3-1-2-9(16)7-10/h1-7H,(H,19,20)(H2,17,18,21). The third kappa shape index (κ3) is 4.43. The summed E-state index contributed by atoms with van der Waals surface area (Å²) in [6.45, 7) is 0. The molecule has 0 saturated heterocycles. The van der Waals surface area contributed by atoms with Crippen LogP contribution in [0.15, 0.2) is 46.9 Å². The molecule has 7 heteroatoms. The van der Waals surface area contributed by atoms with Crippen molar-refractivity contribution in [2.45, 2.75) is 0 Å². The number of carbonyl (C=O) groups excluding carboxylic acids is 1. The van der Waals surface area contributed by atoms with E-state index < -0.39 is 12.0 Å². The van der Waals surface area contributed by atoms with Crippen LogP contribution in [0.3, 0.4) is 0 Å². The summed E-state index contributed by atoms with van der Waals surface area (Å²) in [5.74, 6) is -1.05. The number of rotatable bonds is 3. The second-order valence-corrected chi connectivity index (χ2v) is 6.19. The van der Waals surface area contributed by atoms with Crippen LogP contribution in [0.2, 0.25) is 0 Å². The molecule has 0 bridgehead atoms. The first-order valence-electron chi connectivity index (χ1n) is 5.82. The number of urea groups is 1. The molecule has 0 atom stereocenters. The Kier molecular flexibility index (Phi) is 5.18. The molecule has 21 heavy (non-hydrogen) atoms. The fourth-order valence-corrected chi connectivity index (χ4v) is 2.49. The first-order chi connectivity index (χ1) is 9.95. The first kappa shape index (κ1) is 15.8. The molecular weight excluding hydrogens is 451 g/mol. The van der Waals surface area contributed by atoms with Crippen molar-refractivity contribution in [3.63, 3.8) is 0 Å². The molecule has 0 aliphatic heterocycles. The Morgan fingerprint density at radius 3 is 2.52 bits per heavy atom. The molecule has 0 spiro atoms. The van der Waals surface area contributed by atoms with Crippen LogP contribution < -0.4 is 10.6 Å². The Morgan fingerprint density at radius 2 is 1.86 bits per heavy atom. The number of hydrogen-bond donors (Lipinski definition) is 3. The molecule has 0 unspecified atom stereocenters. The van der Waals surface area contributed by atoms with Gasteiger partial charge in [0.05, 0.1) is 11.3 Å². The summed E-state index contributed by atoms with van der Waals surface area (Å²) >= 11 is 5.42. The number of halogens is 2. The normalized spacial score (nSPS) is 10.0. The molecule has 5 nitrogen and oxygen atoms in total. The average Bonchev–Trinajstić information content (AvgIpc) is 2.41. The molecule has 0 aliphatic carbocycles. The zero-order valence-electron chi connectivity index (χ0n) is 10.6. The molecule has 0 heterocycles. The van der Waals surface area contributed by atoms with Gasteiger partial charge in [0, 0.05) is 13.7 Å². The van der Waals surface area contributed by atoms with Crippen LogP contribution in [0.1, 0.15) is 10.4 Å². The van der Waals surface area contributed by atoms with E-state index in [-0.39, 0.29) is 5.56 Å². The molecule has 0 aliphatic rings. The minimum atomic E-state index is -1.05. The molecule has 2 aromatic rings. The van der Waals surface area contributed by atoms with Crippen LogP contribution >= 0.6 is 38.5 Å². The number of carboxylic acid groups (broad SMARTS) is 1. The summed E-state index contributed by atoms with van der Waals surface area (Å²) in [6.07, 6.45) is 0. The van der Waals surface area contributed by atoms with Crippen molar-refractivity contribution in [1.29, 1.82) is 0 Å². The lowest BCUT2D eigenvalue weighted by molar-refractivity contribution is 0.0697. The molecule has 2 amide bonds. The van der Waals surface area contributed by atoms with Crippen molar-refractivity contribution in [2.75, 3.05) is 10.6 Å². The molecule has 0 radical (unpaired) electrons. The van der Waals surface area contributed by atoms with E-state index in [0.717, 1.165) is 3.57 Å². The second-order valence-electron chi connectivity index (χ2n) is 4.09. The van der Waals surface area contributed by atoms with Crippen molar-refractivity contribution in [3.8, 4) is 0 Å². The van der Waals surface area contributed by atoms with Gasteiger partial charge in [-0.1, -0.05) is 6.07 Å². The Balaban J connectivity index is 2.12. The predicted molar refractivity (Wildman–Crippen MR) is 92.9 cm³/mol. The minimum Gasteiger partial charge on any atom is -0.478 e. The van der Waals surface area contributed by atoms with Crippen molar-refractivity contribution in [3.05, 3.63) is 56.1 Å². The second kappa shape index (κ2) is 6.90. The molecule has 0 fully saturated rings. The van der Waals surface area contributed by atoms with Crippen molar-refractivity contribution < 1.29 is 14.7 Å². The Hall–Kier alpha value is -1.61. The first-order valence-corrected chi connectivity index (χ1v) is 7.69. The Labute approximate surface area is 143 Å². The highest BCUT2D eigenvalue weighted by Crippen LogP contribution is 2.24. The topological polar surface area (TPSA) is 78.4 Å². The SMILES string of the molecule is O=C(Nc1cccc(I)c1)Nc1cc(C(=O)O)ccc1Br. The smallest absolute Gasteiger partial charge is 0.335 e. The summed E-state index contributed by atoms with van der Waals surface area (Å²) in [7, 11) is 0. The maximum Gasteiger partial charge on any atom is 0.335 e. The number of nitrogens with one attached hydrogen (secondary N) is 2. The monoisotopic (exact) mass is 460 g/mol. The van der Waals surface area contributed by atoms with E-state index >= 15 is 0 Å². The zero-order chi connectivity index (χ0) is 15.4. The highest BCUT2D eigenvalue weighted by molar-refractivity contribution is 14.1. The highest BCUT2D eigenvalue weighted by Gasteiger charge is 2.10. The quantitative estimate of drug-likeness (QED) is 0.594. The van der Waals surface area contributed by atoms with Gasteiger partial charge in [-0.05, 0) is 74.9 Å². The van der Waals surface area contributed by atoms with Gasteiger partial charge in [0.25, 0.3) is 0 Å². The summed E-state index contributed by atoms with van der Waals surface area (Å²) < 4.78 is 1.60. The van der Waals surface area contributed by atoms with Crippen LogP contribution in [0.5, 0.6) is 0 Å². The zero-order valence-corrected chi connectivity index (χ0v) is 14.3. The highest BCUT2D eigenvalue weighted by atomic mass is 127. The van der Waals surface area contributed by atoms with Crippen molar-refractivity contribution in [2.24, 2.45) is 0 Å². The number of carbonyl (C=O) groups is 2. The van der Waals surface area contributed by atoms with Crippen LogP contribution in [0.4, 0.5) is 16.2 Å². The van der Waals surface area contributed by atoms with E-state index in [4.69, 9.17) is 5.11 Å². The number of benzene rings is 2. The number of hydrogen-bond acceptors (Lipinski definition) is 2. The summed E-state index contributed by atoms with van der Waals surface area (Å²) in [6, 6.07) is 11.3. The van der Waals surface area contributed by atoms with Gasteiger partial charge in [-0.15, -0.1) is 0 Å². The molecule has 2 aromatic carbocycles.